The topological polar surface area (TPSA) is 42.2 Å². The van der Waals surface area contributed by atoms with Gasteiger partial charge in [-0.1, -0.05) is 6.07 Å². The minimum Gasteiger partial charge on any atom is -0.323 e. The van der Waals surface area contributed by atoms with E-state index < -0.39 is 0 Å². The van der Waals surface area contributed by atoms with Crippen LogP contribution in [0.3, 0.4) is 0 Å². The van der Waals surface area contributed by atoms with Crippen LogP contribution in [0.1, 0.15) is 18.1 Å². The SMILES string of the molecule is Cc1cncc(CN2CC(C)(N)C2)c1. The van der Waals surface area contributed by atoms with Crippen molar-refractivity contribution in [1.82, 2.24) is 9.88 Å². The molecular formula is C11H17N3. The average Bonchev–Trinajstić information content (AvgIpc) is 2.00. The van der Waals surface area contributed by atoms with Gasteiger partial charge in [-0.05, 0) is 25.0 Å². The van der Waals surface area contributed by atoms with Gasteiger partial charge in [-0.15, -0.1) is 0 Å². The van der Waals surface area contributed by atoms with Crippen molar-refractivity contribution in [3.05, 3.63) is 29.6 Å². The van der Waals surface area contributed by atoms with Crippen LogP contribution in [0.4, 0.5) is 0 Å². The quantitative estimate of drug-likeness (QED) is 0.756. The Morgan fingerprint density at radius 1 is 1.50 bits per heavy atom. The third kappa shape index (κ3) is 2.11. The van der Waals surface area contributed by atoms with Crippen molar-refractivity contribution in [2.45, 2.75) is 25.9 Å². The molecule has 76 valence electrons. The first kappa shape index (κ1) is 9.62. The third-order valence-corrected chi connectivity index (χ3v) is 2.51. The molecule has 0 amide bonds. The number of nitrogens with two attached hydrogens (primary N) is 1. The van der Waals surface area contributed by atoms with Gasteiger partial charge < -0.3 is 5.73 Å². The fourth-order valence-electron chi connectivity index (χ4n) is 2.05. The van der Waals surface area contributed by atoms with E-state index in [0.717, 1.165) is 19.6 Å². The predicted molar refractivity (Wildman–Crippen MR) is 56.8 cm³/mol. The number of likely N-dealkylation sites (tertiary alicyclic amines) is 1. The molecule has 2 N–H and O–H groups in total. The van der Waals surface area contributed by atoms with Crippen molar-refractivity contribution in [1.29, 1.82) is 0 Å². The van der Waals surface area contributed by atoms with Gasteiger partial charge in [0.15, 0.2) is 0 Å². The van der Waals surface area contributed by atoms with Gasteiger partial charge in [-0.2, -0.15) is 0 Å². The summed E-state index contributed by atoms with van der Waals surface area (Å²) in [4.78, 5) is 6.52. The molecule has 0 radical (unpaired) electrons. The lowest BCUT2D eigenvalue weighted by atomic mass is 9.93. The molecule has 0 saturated carbocycles. The number of hydrogen-bond acceptors (Lipinski definition) is 3. The van der Waals surface area contributed by atoms with Crippen LogP contribution in [0.2, 0.25) is 0 Å². The van der Waals surface area contributed by atoms with Gasteiger partial charge in [-0.3, -0.25) is 9.88 Å². The Bertz CT molecular complexity index is 325. The molecule has 0 aromatic carbocycles. The van der Waals surface area contributed by atoms with E-state index in [1.165, 1.54) is 11.1 Å². The Kier molecular flexibility index (Phi) is 2.29. The van der Waals surface area contributed by atoms with E-state index in [-0.39, 0.29) is 5.54 Å². The zero-order chi connectivity index (χ0) is 10.2. The van der Waals surface area contributed by atoms with Crippen LogP contribution >= 0.6 is 0 Å². The highest BCUT2D eigenvalue weighted by atomic mass is 15.2. The molecule has 1 aromatic heterocycles. The molecule has 0 aliphatic carbocycles. The Balaban J connectivity index is 1.93. The third-order valence-electron chi connectivity index (χ3n) is 2.51. The first-order chi connectivity index (χ1) is 6.55. The minimum absolute atomic E-state index is 0.0251. The van der Waals surface area contributed by atoms with Crippen molar-refractivity contribution in [3.8, 4) is 0 Å². The van der Waals surface area contributed by atoms with Crippen molar-refractivity contribution >= 4 is 0 Å². The molecule has 1 aromatic rings. The van der Waals surface area contributed by atoms with E-state index in [4.69, 9.17) is 5.73 Å². The highest BCUT2D eigenvalue weighted by Gasteiger charge is 2.34. The average molecular weight is 191 g/mol. The van der Waals surface area contributed by atoms with Gasteiger partial charge >= 0.3 is 0 Å². The van der Waals surface area contributed by atoms with Crippen LogP contribution in [0.5, 0.6) is 0 Å². The summed E-state index contributed by atoms with van der Waals surface area (Å²) in [6, 6.07) is 2.18. The maximum atomic E-state index is 5.94. The normalized spacial score (nSPS) is 20.5. The molecular weight excluding hydrogens is 174 g/mol. The van der Waals surface area contributed by atoms with Crippen LogP contribution in [0.25, 0.3) is 0 Å². The summed E-state index contributed by atoms with van der Waals surface area (Å²) in [5.74, 6) is 0. The summed E-state index contributed by atoms with van der Waals surface area (Å²) in [6.45, 7) is 7.11. The lowest BCUT2D eigenvalue weighted by Gasteiger charge is -2.45. The molecule has 2 heterocycles. The summed E-state index contributed by atoms with van der Waals surface area (Å²) in [6.07, 6.45) is 3.81. The molecule has 3 nitrogen and oxygen atoms in total. The van der Waals surface area contributed by atoms with Crippen LogP contribution in [0, 0.1) is 6.92 Å². The first-order valence-corrected chi connectivity index (χ1v) is 4.97. The van der Waals surface area contributed by atoms with Crippen molar-refractivity contribution in [2.24, 2.45) is 5.73 Å². The Morgan fingerprint density at radius 3 is 2.79 bits per heavy atom. The smallest absolute Gasteiger partial charge is 0.0384 e. The van der Waals surface area contributed by atoms with E-state index in [9.17, 15) is 0 Å². The van der Waals surface area contributed by atoms with E-state index in [1.807, 2.05) is 12.4 Å². The van der Waals surface area contributed by atoms with Crippen LogP contribution in [-0.4, -0.2) is 28.5 Å². The molecule has 2 rings (SSSR count). The van der Waals surface area contributed by atoms with Gasteiger partial charge in [0.2, 0.25) is 0 Å². The number of hydrogen-bond donors (Lipinski definition) is 1. The standard InChI is InChI=1S/C11H17N3/c1-9-3-10(5-13-4-9)6-14-7-11(2,12)8-14/h3-5H,6-8,12H2,1-2H3. The van der Waals surface area contributed by atoms with Crippen LogP contribution in [-0.2, 0) is 6.54 Å². The fraction of sp³-hybridized carbons (Fsp3) is 0.545. The second-order valence-electron chi connectivity index (χ2n) is 4.67. The monoisotopic (exact) mass is 191 g/mol. The van der Waals surface area contributed by atoms with Gasteiger partial charge in [-0.25, -0.2) is 0 Å². The lowest BCUT2D eigenvalue weighted by Crippen LogP contribution is -2.64. The molecule has 0 bridgehead atoms. The summed E-state index contributed by atoms with van der Waals surface area (Å²) in [5, 5.41) is 0. The number of aryl methyl sites for hydroxylation is 1. The van der Waals surface area contributed by atoms with Crippen LogP contribution < -0.4 is 5.73 Å². The molecule has 0 spiro atoms. The lowest BCUT2D eigenvalue weighted by molar-refractivity contribution is 0.0763. The molecule has 1 aliphatic rings. The van der Waals surface area contributed by atoms with Crippen molar-refractivity contribution in [3.63, 3.8) is 0 Å². The van der Waals surface area contributed by atoms with E-state index in [2.05, 4.69) is 29.8 Å². The van der Waals surface area contributed by atoms with E-state index in [0.29, 0.717) is 0 Å². The summed E-state index contributed by atoms with van der Waals surface area (Å²) in [7, 11) is 0. The van der Waals surface area contributed by atoms with Gasteiger partial charge in [0.25, 0.3) is 0 Å². The maximum Gasteiger partial charge on any atom is 0.0384 e. The number of pyridine rings is 1. The zero-order valence-corrected chi connectivity index (χ0v) is 8.83. The Labute approximate surface area is 84.9 Å². The number of rotatable bonds is 2. The van der Waals surface area contributed by atoms with Crippen LogP contribution in [0.15, 0.2) is 18.5 Å². The zero-order valence-electron chi connectivity index (χ0n) is 8.83. The second-order valence-corrected chi connectivity index (χ2v) is 4.67. The van der Waals surface area contributed by atoms with Gasteiger partial charge in [0.05, 0.1) is 0 Å². The number of aromatic nitrogens is 1. The van der Waals surface area contributed by atoms with Crippen molar-refractivity contribution < 1.29 is 0 Å². The molecule has 0 atom stereocenters. The summed E-state index contributed by atoms with van der Waals surface area (Å²) in [5.41, 5.74) is 8.46. The molecule has 1 fully saturated rings. The highest BCUT2D eigenvalue weighted by Crippen LogP contribution is 2.19. The Hall–Kier alpha value is -0.930. The van der Waals surface area contributed by atoms with Crippen molar-refractivity contribution in [2.75, 3.05) is 13.1 Å². The molecule has 0 unspecified atom stereocenters. The number of nitrogens with zero attached hydrogens (tertiary/aromatic N) is 2. The second kappa shape index (κ2) is 3.33. The molecule has 3 heteroatoms. The molecule has 14 heavy (non-hydrogen) atoms. The highest BCUT2D eigenvalue weighted by molar-refractivity contribution is 5.17. The molecule has 1 aliphatic heterocycles. The van der Waals surface area contributed by atoms with E-state index in [1.54, 1.807) is 0 Å². The summed E-state index contributed by atoms with van der Waals surface area (Å²) >= 11 is 0. The first-order valence-electron chi connectivity index (χ1n) is 4.97. The summed E-state index contributed by atoms with van der Waals surface area (Å²) < 4.78 is 0. The largest absolute Gasteiger partial charge is 0.323 e. The van der Waals surface area contributed by atoms with E-state index >= 15 is 0 Å². The maximum absolute atomic E-state index is 5.94. The fourth-order valence-corrected chi connectivity index (χ4v) is 2.05. The molecule has 1 saturated heterocycles. The van der Waals surface area contributed by atoms with Gasteiger partial charge in [0, 0.05) is 37.6 Å². The van der Waals surface area contributed by atoms with Gasteiger partial charge in [0.1, 0.15) is 0 Å². The minimum atomic E-state index is 0.0251. The predicted octanol–water partition coefficient (Wildman–Crippen LogP) is 0.923. The Morgan fingerprint density at radius 2 is 2.21 bits per heavy atom.